The smallest absolute Gasteiger partial charge is 0.408 e. The van der Waals surface area contributed by atoms with E-state index >= 15 is 0 Å². The van der Waals surface area contributed by atoms with Crippen LogP contribution in [0.4, 0.5) is 9.59 Å². The highest BCUT2D eigenvalue weighted by atomic mass is 16.6. The summed E-state index contributed by atoms with van der Waals surface area (Å²) >= 11 is 0. The van der Waals surface area contributed by atoms with Crippen LogP contribution in [0.3, 0.4) is 0 Å². The molecule has 0 bridgehead atoms. The van der Waals surface area contributed by atoms with Crippen LogP contribution in [0.1, 0.15) is 94.9 Å². The molecule has 78 heavy (non-hydrogen) atoms. The van der Waals surface area contributed by atoms with E-state index in [0.29, 0.717) is 10.0 Å². The number of aliphatic hydroxyl groups is 2. The Hall–Kier alpha value is -7.50. The van der Waals surface area contributed by atoms with E-state index in [4.69, 9.17) is 18.9 Å². The number of nitrogens with zero attached hydrogens (tertiary/aromatic N) is 8. The largest absolute Gasteiger partial charge is 0.461 e. The minimum atomic E-state index is -2.06. The Labute approximate surface area is 451 Å². The maximum Gasteiger partial charge on any atom is 0.408 e. The number of cyclic esters (lactones) is 2. The first-order valence-electron chi connectivity index (χ1n) is 24.9. The predicted octanol–water partition coefficient (Wildman–Crippen LogP) is -2.83. The number of carbonyl (C=O) groups is 12. The normalized spacial score (nSPS) is 24.7. The van der Waals surface area contributed by atoms with E-state index in [1.165, 1.54) is 95.8 Å². The second-order valence-corrected chi connectivity index (χ2v) is 21.9. The number of ether oxygens (including phenoxy) is 4. The number of esters is 2. The van der Waals surface area contributed by atoms with Gasteiger partial charge in [-0.25, -0.2) is 29.2 Å². The Kier molecular flexibility index (Phi) is 22.2. The average Bonchev–Trinajstić information content (AvgIpc) is 3.31. The molecule has 3 heterocycles. The molecule has 1 fully saturated rings. The molecule has 0 aromatic rings. The van der Waals surface area contributed by atoms with Gasteiger partial charge in [0.25, 0.3) is 11.8 Å². The van der Waals surface area contributed by atoms with Gasteiger partial charge in [0.2, 0.25) is 35.4 Å². The molecule has 3 aliphatic rings. The summed E-state index contributed by atoms with van der Waals surface area (Å²) in [5.41, 5.74) is -6.30. The maximum atomic E-state index is 14.3. The van der Waals surface area contributed by atoms with Crippen molar-refractivity contribution in [3.63, 3.8) is 0 Å². The number of carbonyl (C=O) groups excluding carboxylic acids is 12. The monoisotopic (exact) mass is 1110 g/mol. The van der Waals surface area contributed by atoms with Crippen LogP contribution in [0.5, 0.6) is 0 Å². The van der Waals surface area contributed by atoms with Gasteiger partial charge in [-0.1, -0.05) is 0 Å². The molecule has 0 aliphatic carbocycles. The highest BCUT2D eigenvalue weighted by Crippen LogP contribution is 2.22. The quantitative estimate of drug-likeness (QED) is 0.122. The maximum absolute atomic E-state index is 14.3. The molecule has 0 aromatic heterocycles. The SMILES string of the molecule is CN1CC(=O)N(C)[C@@H](C(C)(C)O)C(=O)OC[C@@H](NC(=O)OC(C)(C)C)C(=O)N2N=CCC[C@@H]2C(=O)NCC(=O)N(C)CC(=O)N(C)[C@@H](C(C)(C)O)C(=O)OC[C@@H](NC(=O)OC(C)(C)C)C(=O)N2N=CCC[C@@H]2C(=O)NCC1=O. The molecular formula is C48H76N12O18. The fourth-order valence-corrected chi connectivity index (χ4v) is 7.89. The number of hydrogen-bond donors (Lipinski definition) is 6. The lowest BCUT2D eigenvalue weighted by Gasteiger charge is -2.36. The second kappa shape index (κ2) is 26.7. The number of likely N-dealkylation sites (N-methyl/N-ethyl adjacent to an activating group) is 4. The third-order valence-electron chi connectivity index (χ3n) is 11.7. The van der Waals surface area contributed by atoms with Gasteiger partial charge in [-0.3, -0.25) is 38.4 Å². The van der Waals surface area contributed by atoms with Gasteiger partial charge in [0.1, 0.15) is 48.6 Å². The molecule has 3 rings (SSSR count). The van der Waals surface area contributed by atoms with Gasteiger partial charge in [0.05, 0.1) is 37.4 Å². The van der Waals surface area contributed by atoms with Gasteiger partial charge in [-0.15, -0.1) is 0 Å². The summed E-state index contributed by atoms with van der Waals surface area (Å²) in [7, 11) is 4.63. The molecule has 3 aliphatic heterocycles. The zero-order valence-corrected chi connectivity index (χ0v) is 46.7. The van der Waals surface area contributed by atoms with Crippen molar-refractivity contribution in [2.24, 2.45) is 10.2 Å². The fraction of sp³-hybridized carbons (Fsp3) is 0.708. The number of hydrogen-bond acceptors (Lipinski definition) is 20. The van der Waals surface area contributed by atoms with Crippen LogP contribution in [0, 0.1) is 0 Å². The summed E-state index contributed by atoms with van der Waals surface area (Å²) in [5.74, 6) is -10.2. The number of nitrogens with one attached hydrogen (secondary N) is 4. The van der Waals surface area contributed by atoms with Crippen molar-refractivity contribution < 1.29 is 86.7 Å². The number of amides is 10. The highest BCUT2D eigenvalue weighted by Gasteiger charge is 2.45. The molecule has 0 aromatic carbocycles. The molecular weight excluding hydrogens is 1030 g/mol. The lowest BCUT2D eigenvalue weighted by atomic mass is 9.97. The van der Waals surface area contributed by atoms with Crippen molar-refractivity contribution in [1.29, 1.82) is 0 Å². The van der Waals surface area contributed by atoms with Crippen molar-refractivity contribution in [2.75, 3.05) is 67.6 Å². The molecule has 0 spiro atoms. The van der Waals surface area contributed by atoms with Crippen molar-refractivity contribution in [2.45, 2.75) is 154 Å². The van der Waals surface area contributed by atoms with E-state index in [-0.39, 0.29) is 25.7 Å². The van der Waals surface area contributed by atoms with Crippen LogP contribution in [-0.2, 0) is 66.9 Å². The van der Waals surface area contributed by atoms with E-state index in [0.717, 1.165) is 33.7 Å². The lowest BCUT2D eigenvalue weighted by Crippen LogP contribution is -2.60. The van der Waals surface area contributed by atoms with E-state index in [2.05, 4.69) is 31.5 Å². The second-order valence-electron chi connectivity index (χ2n) is 21.9. The van der Waals surface area contributed by atoms with E-state index in [1.54, 1.807) is 0 Å². The zero-order valence-electron chi connectivity index (χ0n) is 46.7. The summed E-state index contributed by atoms with van der Waals surface area (Å²) < 4.78 is 21.6. The first-order valence-corrected chi connectivity index (χ1v) is 24.9. The van der Waals surface area contributed by atoms with Crippen LogP contribution >= 0.6 is 0 Å². The Balaban J connectivity index is 2.09. The Morgan fingerprint density at radius 3 is 1.18 bits per heavy atom. The van der Waals surface area contributed by atoms with Crippen molar-refractivity contribution in [3.8, 4) is 0 Å². The van der Waals surface area contributed by atoms with Gasteiger partial charge in [-0.2, -0.15) is 10.2 Å². The van der Waals surface area contributed by atoms with Crippen molar-refractivity contribution in [1.82, 2.24) is 50.9 Å². The zero-order chi connectivity index (χ0) is 59.4. The molecule has 10 amide bonds. The lowest BCUT2D eigenvalue weighted by molar-refractivity contribution is -0.166. The topological polar surface area (TPSA) is 374 Å². The standard InChI is InChI=1S/C48H76N12O18/c1-45(2,3)77-43(71)53-27-25-75-41(69)35(47(7,8)73)57(13)33(63)23-55(11)32(62)22-50-38(66)30-18-16-20-52-60(30)40(68)28(54-44(72)78-46(4,5)6)26-76-42(70)36(48(9,10)74)58(14)34(64)24-56(12)31(61)21-49-37(65)29-17-15-19-51-59(29)39(27)67/h19-20,27-30,35-36,73-74H,15-18,21-26H2,1-14H3,(H,49,65)(H,50,66)(H,53,71)(H,54,72)/t27-,28-,29-,30-,35-,36-/m1/s1. The van der Waals surface area contributed by atoms with E-state index in [9.17, 15) is 67.7 Å². The number of fused-ring (bicyclic) bond motifs is 2. The van der Waals surface area contributed by atoms with Gasteiger partial charge < -0.3 is 70.0 Å². The Morgan fingerprint density at radius 2 is 0.885 bits per heavy atom. The third kappa shape index (κ3) is 18.9. The van der Waals surface area contributed by atoms with E-state index in [1.807, 2.05) is 0 Å². The van der Waals surface area contributed by atoms with E-state index < -0.39 is 169 Å². The fourth-order valence-electron chi connectivity index (χ4n) is 7.89. The van der Waals surface area contributed by atoms with Crippen LogP contribution in [0.2, 0.25) is 0 Å². The molecule has 30 nitrogen and oxygen atoms in total. The third-order valence-corrected chi connectivity index (χ3v) is 11.7. The molecule has 0 unspecified atom stereocenters. The molecule has 6 N–H and O–H groups in total. The Morgan fingerprint density at radius 1 is 0.564 bits per heavy atom. The summed E-state index contributed by atoms with van der Waals surface area (Å²) in [4.78, 5) is 168. The minimum Gasteiger partial charge on any atom is -0.461 e. The van der Waals surface area contributed by atoms with Crippen LogP contribution < -0.4 is 21.3 Å². The summed E-state index contributed by atoms with van der Waals surface area (Å²) in [6.45, 7) is 8.97. The molecule has 436 valence electrons. The first kappa shape index (κ1) is 64.8. The van der Waals surface area contributed by atoms with Gasteiger partial charge in [-0.05, 0) is 94.9 Å². The van der Waals surface area contributed by atoms with Gasteiger partial charge in [0, 0.05) is 40.6 Å². The summed E-state index contributed by atoms with van der Waals surface area (Å²) in [6.07, 6.45) is 0.484. The molecule has 0 saturated carbocycles. The molecule has 30 heteroatoms. The molecule has 0 radical (unpaired) electrons. The minimum absolute atomic E-state index is 0.0581. The summed E-state index contributed by atoms with van der Waals surface area (Å²) in [5, 5.41) is 41.3. The number of alkyl carbamates (subject to hydrolysis) is 2. The molecule has 1 saturated heterocycles. The predicted molar refractivity (Wildman–Crippen MR) is 272 cm³/mol. The molecule has 6 atom stereocenters. The van der Waals surface area contributed by atoms with Crippen molar-refractivity contribution in [3.05, 3.63) is 0 Å². The summed E-state index contributed by atoms with van der Waals surface area (Å²) in [6, 6.07) is -10.2. The first-order chi connectivity index (χ1) is 35.8. The number of hydrazone groups is 2. The van der Waals surface area contributed by atoms with Crippen LogP contribution in [0.15, 0.2) is 10.2 Å². The van der Waals surface area contributed by atoms with Crippen LogP contribution in [0.25, 0.3) is 0 Å². The highest BCUT2D eigenvalue weighted by molar-refractivity contribution is 5.97. The van der Waals surface area contributed by atoms with Crippen LogP contribution in [-0.4, -0.2) is 250 Å². The average molecular weight is 1110 g/mol. The Bertz CT molecular complexity index is 2190. The van der Waals surface area contributed by atoms with Gasteiger partial charge in [0.15, 0.2) is 12.1 Å². The number of rotatable bonds is 4. The van der Waals surface area contributed by atoms with Crippen molar-refractivity contribution >= 4 is 83.8 Å². The van der Waals surface area contributed by atoms with Gasteiger partial charge >= 0.3 is 24.1 Å².